The molecule has 3 fully saturated rings. The summed E-state index contributed by atoms with van der Waals surface area (Å²) in [5, 5.41) is 0. The third-order valence-electron chi connectivity index (χ3n) is 10.3. The molecule has 3 aliphatic carbocycles. The van der Waals surface area contributed by atoms with Crippen LogP contribution in [-0.2, 0) is 4.83 Å². The molecule has 0 amide bonds. The number of benzene rings is 1. The van der Waals surface area contributed by atoms with Crippen LogP contribution in [0.5, 0.6) is 0 Å². The molecule has 1 aromatic carbocycles. The van der Waals surface area contributed by atoms with Crippen LogP contribution in [0.25, 0.3) is 0 Å². The van der Waals surface area contributed by atoms with E-state index in [0.29, 0.717) is 11.5 Å². The minimum atomic E-state index is -3.69. The van der Waals surface area contributed by atoms with Crippen molar-refractivity contribution in [1.82, 2.24) is 0 Å². The molecule has 1 aromatic rings. The van der Waals surface area contributed by atoms with Crippen LogP contribution in [0.1, 0.15) is 140 Å². The maximum atomic E-state index is 14.3. The van der Waals surface area contributed by atoms with Crippen molar-refractivity contribution < 1.29 is 17.6 Å². The minimum absolute atomic E-state index is 0.0660. The van der Waals surface area contributed by atoms with Crippen molar-refractivity contribution in [1.29, 1.82) is 0 Å². The van der Waals surface area contributed by atoms with Crippen molar-refractivity contribution in [3.63, 3.8) is 0 Å². The molecule has 37 heavy (non-hydrogen) atoms. The van der Waals surface area contributed by atoms with E-state index in [9.17, 15) is 17.6 Å². The normalized spacial score (nSPS) is 31.4. The molecule has 0 atom stereocenters. The minimum Gasteiger partial charge on any atom is -0.206 e. The molecule has 0 saturated heterocycles. The van der Waals surface area contributed by atoms with Gasteiger partial charge in [-0.1, -0.05) is 84.0 Å². The Morgan fingerprint density at radius 1 is 0.676 bits per heavy atom. The average Bonchev–Trinajstić information content (AvgIpc) is 2.87. The van der Waals surface area contributed by atoms with E-state index in [1.165, 1.54) is 89.9 Å². The topological polar surface area (TPSA) is 0 Å². The Kier molecular flexibility index (Phi) is 10.9. The maximum absolute atomic E-state index is 14.3. The quantitative estimate of drug-likeness (QED) is 0.145. The van der Waals surface area contributed by atoms with Gasteiger partial charge >= 0.3 is 4.83 Å². The molecule has 5 heteroatoms. The Morgan fingerprint density at radius 2 is 1.11 bits per heavy atom. The van der Waals surface area contributed by atoms with Gasteiger partial charge in [0.05, 0.1) is 0 Å². The molecule has 0 nitrogen and oxygen atoms in total. The first-order valence-corrected chi connectivity index (χ1v) is 16.1. The van der Waals surface area contributed by atoms with E-state index in [1.54, 1.807) is 0 Å². The van der Waals surface area contributed by atoms with Gasteiger partial charge in [0.15, 0.2) is 0 Å². The van der Waals surface area contributed by atoms with Crippen molar-refractivity contribution in [3.05, 3.63) is 34.9 Å². The Bertz CT molecular complexity index is 803. The fourth-order valence-corrected chi connectivity index (χ4v) is 8.31. The molecule has 0 radical (unpaired) electrons. The van der Waals surface area contributed by atoms with Gasteiger partial charge in [0.25, 0.3) is 0 Å². The SMILES string of the molecule is CCCCCC1CCC(CCC2CCC(C3CCC(c4cc(F)c(C(F)(F)Br)c(F)c4)CC3)CC2)CC1. The second-order valence-corrected chi connectivity index (χ2v) is 13.7. The van der Waals surface area contributed by atoms with Crippen LogP contribution >= 0.6 is 15.9 Å². The zero-order valence-corrected chi connectivity index (χ0v) is 24.3. The summed E-state index contributed by atoms with van der Waals surface area (Å²) in [5.74, 6) is 2.14. The highest BCUT2D eigenvalue weighted by molar-refractivity contribution is 9.09. The molecule has 0 heterocycles. The Labute approximate surface area is 230 Å². The molecule has 3 saturated carbocycles. The molecule has 4 rings (SSSR count). The number of halogens is 5. The van der Waals surface area contributed by atoms with E-state index >= 15 is 0 Å². The van der Waals surface area contributed by atoms with Gasteiger partial charge in [-0.05, 0) is 108 Å². The van der Waals surface area contributed by atoms with Gasteiger partial charge in [-0.2, -0.15) is 8.78 Å². The molecule has 210 valence electrons. The van der Waals surface area contributed by atoms with Crippen LogP contribution in [-0.4, -0.2) is 0 Å². The number of hydrogen-bond acceptors (Lipinski definition) is 0. The zero-order valence-electron chi connectivity index (χ0n) is 22.7. The van der Waals surface area contributed by atoms with Gasteiger partial charge in [-0.15, -0.1) is 0 Å². The van der Waals surface area contributed by atoms with Crippen molar-refractivity contribution in [2.24, 2.45) is 29.6 Å². The van der Waals surface area contributed by atoms with Gasteiger partial charge in [0.1, 0.15) is 17.2 Å². The number of unbranched alkanes of at least 4 members (excludes halogenated alkanes) is 2. The highest BCUT2D eigenvalue weighted by atomic mass is 79.9. The van der Waals surface area contributed by atoms with Gasteiger partial charge in [-0.25, -0.2) is 8.78 Å². The van der Waals surface area contributed by atoms with E-state index < -0.39 is 22.0 Å². The summed E-state index contributed by atoms with van der Waals surface area (Å²) in [6.45, 7) is 2.29. The second-order valence-electron chi connectivity index (χ2n) is 12.7. The molecule has 0 spiro atoms. The molecule has 0 bridgehead atoms. The van der Waals surface area contributed by atoms with Crippen molar-refractivity contribution in [2.45, 2.75) is 133 Å². The van der Waals surface area contributed by atoms with E-state index in [2.05, 4.69) is 22.9 Å². The van der Waals surface area contributed by atoms with Gasteiger partial charge in [-0.3, -0.25) is 0 Å². The number of rotatable bonds is 10. The first-order valence-electron chi connectivity index (χ1n) is 15.3. The van der Waals surface area contributed by atoms with Gasteiger partial charge in [0, 0.05) is 0 Å². The highest BCUT2D eigenvalue weighted by Crippen LogP contribution is 2.46. The first-order chi connectivity index (χ1) is 17.7. The molecular formula is C32H47BrF4. The summed E-state index contributed by atoms with van der Waals surface area (Å²) >= 11 is 2.09. The van der Waals surface area contributed by atoms with Crippen molar-refractivity contribution in [2.75, 3.05) is 0 Å². The summed E-state index contributed by atoms with van der Waals surface area (Å²) in [5.41, 5.74) is -0.649. The van der Waals surface area contributed by atoms with E-state index in [-0.39, 0.29) is 5.92 Å². The highest BCUT2D eigenvalue weighted by Gasteiger charge is 2.36. The first kappa shape index (κ1) is 29.4. The number of alkyl halides is 3. The molecule has 0 N–H and O–H groups in total. The van der Waals surface area contributed by atoms with Crippen LogP contribution in [0.15, 0.2) is 12.1 Å². The van der Waals surface area contributed by atoms with Crippen LogP contribution in [0, 0.1) is 41.2 Å². The monoisotopic (exact) mass is 586 g/mol. The fourth-order valence-electron chi connectivity index (χ4n) is 7.93. The predicted molar refractivity (Wildman–Crippen MR) is 148 cm³/mol. The third kappa shape index (κ3) is 8.21. The maximum Gasteiger partial charge on any atom is 0.332 e. The lowest BCUT2D eigenvalue weighted by Gasteiger charge is -2.38. The molecule has 0 unspecified atom stereocenters. The Morgan fingerprint density at radius 3 is 1.57 bits per heavy atom. The summed E-state index contributed by atoms with van der Waals surface area (Å²) < 4.78 is 55.5. The predicted octanol–water partition coefficient (Wildman–Crippen LogP) is 11.7. The lowest BCUT2D eigenvalue weighted by atomic mass is 9.67. The standard InChI is InChI=1S/C32H47BrF4/c1-2-3-4-5-22-6-8-23(9-7-22)10-11-24-12-14-25(15-13-24)26-16-18-27(19-17-26)28-20-29(34)31(30(35)21-28)32(33,36)37/h20-27H,2-19H2,1H3. The molecular weight excluding hydrogens is 540 g/mol. The van der Waals surface area contributed by atoms with Crippen molar-refractivity contribution in [3.8, 4) is 0 Å². The van der Waals surface area contributed by atoms with Crippen molar-refractivity contribution >= 4 is 15.9 Å². The van der Waals surface area contributed by atoms with E-state index in [1.807, 2.05) is 0 Å². The second kappa shape index (κ2) is 13.7. The fraction of sp³-hybridized carbons (Fsp3) is 0.812. The Hall–Kier alpha value is -0.580. The van der Waals surface area contributed by atoms with Crippen LogP contribution in [0.3, 0.4) is 0 Å². The number of hydrogen-bond donors (Lipinski definition) is 0. The van der Waals surface area contributed by atoms with Gasteiger partial charge < -0.3 is 0 Å². The van der Waals surface area contributed by atoms with Crippen LogP contribution in [0.2, 0.25) is 0 Å². The summed E-state index contributed by atoms with van der Waals surface area (Å²) in [4.78, 5) is -3.69. The zero-order chi connectivity index (χ0) is 26.4. The molecule has 0 aromatic heterocycles. The average molecular weight is 588 g/mol. The molecule has 0 aliphatic heterocycles. The van der Waals surface area contributed by atoms with E-state index in [0.717, 1.165) is 61.5 Å². The van der Waals surface area contributed by atoms with Crippen LogP contribution < -0.4 is 0 Å². The molecule has 3 aliphatic rings. The largest absolute Gasteiger partial charge is 0.332 e. The smallest absolute Gasteiger partial charge is 0.206 e. The summed E-state index contributed by atoms with van der Waals surface area (Å²) in [6.07, 6.45) is 23.7. The van der Waals surface area contributed by atoms with Crippen LogP contribution in [0.4, 0.5) is 17.6 Å². The lowest BCUT2D eigenvalue weighted by molar-refractivity contribution is 0.105. The van der Waals surface area contributed by atoms with E-state index in [4.69, 9.17) is 0 Å². The lowest BCUT2D eigenvalue weighted by Crippen LogP contribution is -2.26. The summed E-state index contributed by atoms with van der Waals surface area (Å²) in [7, 11) is 0. The summed E-state index contributed by atoms with van der Waals surface area (Å²) in [6, 6.07) is 2.26. The Balaban J connectivity index is 1.15. The third-order valence-corrected chi connectivity index (χ3v) is 10.7. The van der Waals surface area contributed by atoms with Gasteiger partial charge in [0.2, 0.25) is 0 Å².